The van der Waals surface area contributed by atoms with Gasteiger partial charge >= 0.3 is 0 Å². The first-order valence-electron chi connectivity index (χ1n) is 4.46. The van der Waals surface area contributed by atoms with E-state index in [-0.39, 0.29) is 0 Å². The highest BCUT2D eigenvalue weighted by atomic mass is 16.3. The van der Waals surface area contributed by atoms with Gasteiger partial charge in [0.15, 0.2) is 0 Å². The second-order valence-electron chi connectivity index (χ2n) is 3.28. The van der Waals surface area contributed by atoms with Crippen molar-refractivity contribution in [3.05, 3.63) is 29.1 Å². The summed E-state index contributed by atoms with van der Waals surface area (Å²) >= 11 is 0. The molecule has 3 nitrogen and oxygen atoms in total. The van der Waals surface area contributed by atoms with Gasteiger partial charge in [0.1, 0.15) is 0 Å². The Balaban J connectivity index is 2.88. The Bertz CT molecular complexity index is 286. The zero-order chi connectivity index (χ0) is 9.84. The molecule has 1 heterocycles. The molecule has 0 amide bonds. The third kappa shape index (κ3) is 2.50. The minimum atomic E-state index is -0.474. The molecule has 0 aliphatic rings. The van der Waals surface area contributed by atoms with Crippen LogP contribution in [0.5, 0.6) is 0 Å². The summed E-state index contributed by atoms with van der Waals surface area (Å²) in [7, 11) is 0. The Hall–Kier alpha value is -0.930. The van der Waals surface area contributed by atoms with E-state index in [2.05, 4.69) is 4.98 Å². The molecule has 0 bridgehead atoms. The molecule has 0 aromatic carbocycles. The van der Waals surface area contributed by atoms with Crippen LogP contribution in [0.1, 0.15) is 29.3 Å². The maximum absolute atomic E-state index is 9.67. The maximum atomic E-state index is 9.67. The third-order valence-electron chi connectivity index (χ3n) is 2.09. The standard InChI is InChI=1S/C10H16N2O/c1-7-5-8(2)12-6-9(7)10(13)3-4-11/h5-6,10,13H,3-4,11H2,1-2H3. The Morgan fingerprint density at radius 2 is 2.23 bits per heavy atom. The minimum Gasteiger partial charge on any atom is -0.388 e. The summed E-state index contributed by atoms with van der Waals surface area (Å²) in [6.07, 6.45) is 1.84. The van der Waals surface area contributed by atoms with Crippen LogP contribution in [0, 0.1) is 13.8 Å². The molecule has 1 atom stereocenters. The SMILES string of the molecule is Cc1cc(C)c(C(O)CCN)cn1. The van der Waals surface area contributed by atoms with Crippen molar-refractivity contribution < 1.29 is 5.11 Å². The van der Waals surface area contributed by atoms with Gasteiger partial charge in [0, 0.05) is 17.5 Å². The van der Waals surface area contributed by atoms with Gasteiger partial charge in [-0.25, -0.2) is 0 Å². The summed E-state index contributed by atoms with van der Waals surface area (Å²) in [5.74, 6) is 0. The van der Waals surface area contributed by atoms with E-state index in [1.54, 1.807) is 6.20 Å². The number of pyridine rings is 1. The van der Waals surface area contributed by atoms with E-state index in [0.29, 0.717) is 13.0 Å². The van der Waals surface area contributed by atoms with E-state index in [1.165, 1.54) is 0 Å². The molecule has 0 fully saturated rings. The van der Waals surface area contributed by atoms with Crippen molar-refractivity contribution in [2.45, 2.75) is 26.4 Å². The molecule has 1 unspecified atom stereocenters. The van der Waals surface area contributed by atoms with Crippen LogP contribution in [0.3, 0.4) is 0 Å². The molecule has 0 saturated carbocycles. The van der Waals surface area contributed by atoms with Gasteiger partial charge in [-0.05, 0) is 38.4 Å². The van der Waals surface area contributed by atoms with Crippen LogP contribution in [0.15, 0.2) is 12.3 Å². The summed E-state index contributed by atoms with van der Waals surface area (Å²) in [5.41, 5.74) is 8.30. The topological polar surface area (TPSA) is 59.1 Å². The highest BCUT2D eigenvalue weighted by Crippen LogP contribution is 2.19. The normalized spacial score (nSPS) is 12.9. The van der Waals surface area contributed by atoms with Gasteiger partial charge in [-0.15, -0.1) is 0 Å². The van der Waals surface area contributed by atoms with Crippen molar-refractivity contribution in [1.82, 2.24) is 4.98 Å². The van der Waals surface area contributed by atoms with Crippen molar-refractivity contribution in [2.75, 3.05) is 6.54 Å². The summed E-state index contributed by atoms with van der Waals surface area (Å²) in [5, 5.41) is 9.67. The molecule has 0 saturated heterocycles. The van der Waals surface area contributed by atoms with E-state index in [4.69, 9.17) is 5.73 Å². The first kappa shape index (κ1) is 10.2. The Kier molecular flexibility index (Phi) is 3.39. The fraction of sp³-hybridized carbons (Fsp3) is 0.500. The second-order valence-corrected chi connectivity index (χ2v) is 3.28. The molecule has 1 aromatic rings. The zero-order valence-corrected chi connectivity index (χ0v) is 8.12. The van der Waals surface area contributed by atoms with Crippen LogP contribution in [-0.2, 0) is 0 Å². The molecule has 0 aliphatic heterocycles. The summed E-state index contributed by atoms with van der Waals surface area (Å²) < 4.78 is 0. The first-order valence-corrected chi connectivity index (χ1v) is 4.46. The molecule has 13 heavy (non-hydrogen) atoms. The average Bonchev–Trinajstić information content (AvgIpc) is 2.04. The molecule has 0 aliphatic carbocycles. The molecule has 0 radical (unpaired) electrons. The van der Waals surface area contributed by atoms with Crippen molar-refractivity contribution in [3.63, 3.8) is 0 Å². The monoisotopic (exact) mass is 180 g/mol. The molecule has 3 N–H and O–H groups in total. The summed E-state index contributed by atoms with van der Waals surface area (Å²) in [6.45, 7) is 4.41. The van der Waals surface area contributed by atoms with Crippen molar-refractivity contribution in [3.8, 4) is 0 Å². The van der Waals surface area contributed by atoms with Gasteiger partial charge in [0.05, 0.1) is 6.10 Å². The molecule has 3 heteroatoms. The van der Waals surface area contributed by atoms with Crippen LogP contribution >= 0.6 is 0 Å². The highest BCUT2D eigenvalue weighted by Gasteiger charge is 2.09. The molecule has 0 spiro atoms. The van der Waals surface area contributed by atoms with Crippen LogP contribution in [-0.4, -0.2) is 16.6 Å². The van der Waals surface area contributed by atoms with E-state index < -0.39 is 6.10 Å². The summed E-state index contributed by atoms with van der Waals surface area (Å²) in [4.78, 5) is 4.14. The largest absolute Gasteiger partial charge is 0.388 e. The van der Waals surface area contributed by atoms with E-state index in [9.17, 15) is 5.11 Å². The van der Waals surface area contributed by atoms with Gasteiger partial charge in [0.25, 0.3) is 0 Å². The van der Waals surface area contributed by atoms with Gasteiger partial charge in [-0.1, -0.05) is 0 Å². The average molecular weight is 180 g/mol. The number of rotatable bonds is 3. The van der Waals surface area contributed by atoms with E-state index in [1.807, 2.05) is 19.9 Å². The van der Waals surface area contributed by atoms with Crippen molar-refractivity contribution in [1.29, 1.82) is 0 Å². The molecule has 1 rings (SSSR count). The van der Waals surface area contributed by atoms with Gasteiger partial charge in [0.2, 0.25) is 0 Å². The Morgan fingerprint density at radius 1 is 1.54 bits per heavy atom. The molecule has 72 valence electrons. The highest BCUT2D eigenvalue weighted by molar-refractivity contribution is 5.26. The number of nitrogens with zero attached hydrogens (tertiary/aromatic N) is 1. The predicted molar refractivity (Wildman–Crippen MR) is 52.3 cm³/mol. The number of aliphatic hydroxyl groups is 1. The lowest BCUT2D eigenvalue weighted by molar-refractivity contribution is 0.169. The van der Waals surface area contributed by atoms with Crippen molar-refractivity contribution in [2.24, 2.45) is 5.73 Å². The Labute approximate surface area is 78.6 Å². The third-order valence-corrected chi connectivity index (χ3v) is 2.09. The van der Waals surface area contributed by atoms with Gasteiger partial charge < -0.3 is 10.8 Å². The fourth-order valence-corrected chi connectivity index (χ4v) is 1.37. The fourth-order valence-electron chi connectivity index (χ4n) is 1.37. The number of hydrogen-bond donors (Lipinski definition) is 2. The number of aromatic nitrogens is 1. The first-order chi connectivity index (χ1) is 6.15. The predicted octanol–water partition coefficient (Wildman–Crippen LogP) is 1.08. The van der Waals surface area contributed by atoms with Crippen LogP contribution in [0.25, 0.3) is 0 Å². The molecular formula is C10H16N2O. The van der Waals surface area contributed by atoms with Gasteiger partial charge in [-0.2, -0.15) is 0 Å². The van der Waals surface area contributed by atoms with Crippen molar-refractivity contribution >= 4 is 0 Å². The number of hydrogen-bond acceptors (Lipinski definition) is 3. The van der Waals surface area contributed by atoms with E-state index >= 15 is 0 Å². The Morgan fingerprint density at radius 3 is 2.77 bits per heavy atom. The quantitative estimate of drug-likeness (QED) is 0.731. The molecule has 1 aromatic heterocycles. The van der Waals surface area contributed by atoms with Crippen LogP contribution in [0.2, 0.25) is 0 Å². The lowest BCUT2D eigenvalue weighted by Crippen LogP contribution is -2.08. The lowest BCUT2D eigenvalue weighted by Gasteiger charge is -2.12. The van der Waals surface area contributed by atoms with Crippen LogP contribution in [0.4, 0.5) is 0 Å². The zero-order valence-electron chi connectivity index (χ0n) is 8.12. The number of aliphatic hydroxyl groups excluding tert-OH is 1. The van der Waals surface area contributed by atoms with Crippen LogP contribution < -0.4 is 5.73 Å². The van der Waals surface area contributed by atoms with E-state index in [0.717, 1.165) is 16.8 Å². The maximum Gasteiger partial charge on any atom is 0.0819 e. The minimum absolute atomic E-state index is 0.474. The van der Waals surface area contributed by atoms with Gasteiger partial charge in [-0.3, -0.25) is 4.98 Å². The molecular weight excluding hydrogens is 164 g/mol. The number of nitrogens with two attached hydrogens (primary N) is 1. The lowest BCUT2D eigenvalue weighted by atomic mass is 10.0. The second kappa shape index (κ2) is 4.35. The number of aryl methyl sites for hydroxylation is 2. The summed E-state index contributed by atoms with van der Waals surface area (Å²) in [6, 6.07) is 1.97. The smallest absolute Gasteiger partial charge is 0.0819 e.